The molecule has 13 nitrogen and oxygen atoms in total. The van der Waals surface area contributed by atoms with Crippen LogP contribution in [0.1, 0.15) is 10.4 Å². The topological polar surface area (TPSA) is 193 Å². The van der Waals surface area contributed by atoms with E-state index < -0.39 is 34.5 Å². The van der Waals surface area contributed by atoms with Crippen LogP contribution in [-0.2, 0) is 0 Å². The van der Waals surface area contributed by atoms with Crippen LogP contribution in [0, 0.1) is 0 Å². The minimum Gasteiger partial charge on any atom is -0.503 e. The Labute approximate surface area is 173 Å². The molecule has 0 atom stereocenters. The number of carbonyl (C=O) groups excluding carboxylic acids is 1. The average molecular weight is 424 g/mol. The molecule has 0 saturated carbocycles. The number of fused-ring (bicyclic) bond motifs is 1. The summed E-state index contributed by atoms with van der Waals surface area (Å²) in [5.41, 5.74) is 4.00. The van der Waals surface area contributed by atoms with Crippen molar-refractivity contribution in [2.24, 2.45) is 5.73 Å². The molecule has 0 aliphatic rings. The van der Waals surface area contributed by atoms with E-state index in [9.17, 15) is 24.9 Å². The van der Waals surface area contributed by atoms with Crippen LogP contribution >= 0.6 is 0 Å². The van der Waals surface area contributed by atoms with Crippen LogP contribution in [0.5, 0.6) is 17.4 Å². The molecule has 0 bridgehead atoms. The number of nitrogens with one attached hydrogen (secondary N) is 2. The Morgan fingerprint density at radius 1 is 1.19 bits per heavy atom. The number of hydrogen-bond acceptors (Lipinski definition) is 10. The number of rotatable bonds is 5. The lowest BCUT2D eigenvalue weighted by Gasteiger charge is -2.16. The average Bonchev–Trinajstić information content (AvgIpc) is 3.20. The highest BCUT2D eigenvalue weighted by Crippen LogP contribution is 2.40. The third kappa shape index (κ3) is 3.09. The highest BCUT2D eigenvalue weighted by molar-refractivity contribution is 5.99. The van der Waals surface area contributed by atoms with Gasteiger partial charge in [0.25, 0.3) is 5.91 Å². The number of nitrogens with two attached hydrogens (primary N) is 1. The van der Waals surface area contributed by atoms with Gasteiger partial charge in [-0.2, -0.15) is 9.61 Å². The van der Waals surface area contributed by atoms with Gasteiger partial charge in [-0.3, -0.25) is 9.59 Å². The zero-order valence-electron chi connectivity index (χ0n) is 15.9. The van der Waals surface area contributed by atoms with E-state index in [4.69, 9.17) is 5.73 Å². The quantitative estimate of drug-likeness (QED) is 0.259. The molecule has 0 fully saturated rings. The third-order valence-corrected chi connectivity index (χ3v) is 4.43. The smallest absolute Gasteiger partial charge is 0.305 e. The zero-order valence-corrected chi connectivity index (χ0v) is 15.9. The summed E-state index contributed by atoms with van der Waals surface area (Å²) in [5, 5.41) is 40.7. The first-order valence-electron chi connectivity index (χ1n) is 8.78. The van der Waals surface area contributed by atoms with E-state index in [0.29, 0.717) is 10.4 Å². The SMILES string of the molecule is CNc1cc(Nc2c(O)c(O)c(=O)n(-c3ccccn3)c2O)nc2c(C(N)=O)cnn12. The molecule has 4 aromatic heterocycles. The molecule has 0 saturated heterocycles. The molecule has 4 rings (SSSR count). The molecule has 31 heavy (non-hydrogen) atoms. The van der Waals surface area contributed by atoms with Gasteiger partial charge in [0.2, 0.25) is 11.6 Å². The van der Waals surface area contributed by atoms with E-state index in [1.165, 1.54) is 29.0 Å². The molecule has 7 N–H and O–H groups in total. The van der Waals surface area contributed by atoms with Crippen LogP contribution in [0.2, 0.25) is 0 Å². The lowest BCUT2D eigenvalue weighted by molar-refractivity contribution is 0.100. The van der Waals surface area contributed by atoms with Gasteiger partial charge in [-0.25, -0.2) is 14.5 Å². The number of amides is 1. The standard InChI is InChI=1S/C18H16N8O5/c1-20-11-6-9(24-16-8(15(19)29)7-22-26(11)16)23-12-13(27)14(28)18(31)25(17(12)30)10-4-2-3-5-21-10/h2-7,20,27-28,30H,1H3,(H2,19,29)(H,23,24). The molecular weight excluding hydrogens is 408 g/mol. The Morgan fingerprint density at radius 2 is 1.97 bits per heavy atom. The number of hydrogen-bond donors (Lipinski definition) is 6. The van der Waals surface area contributed by atoms with E-state index >= 15 is 0 Å². The van der Waals surface area contributed by atoms with Gasteiger partial charge in [-0.15, -0.1) is 0 Å². The Kier molecular flexibility index (Phi) is 4.54. The second kappa shape index (κ2) is 7.22. The van der Waals surface area contributed by atoms with E-state index in [1.807, 2.05) is 0 Å². The maximum Gasteiger partial charge on any atom is 0.305 e. The molecule has 0 aliphatic carbocycles. The monoisotopic (exact) mass is 424 g/mol. The Balaban J connectivity index is 1.91. The number of nitrogens with zero attached hydrogens (tertiary/aromatic N) is 5. The van der Waals surface area contributed by atoms with Crippen molar-refractivity contribution in [3.05, 3.63) is 52.6 Å². The maximum absolute atomic E-state index is 12.4. The molecule has 0 unspecified atom stereocenters. The molecule has 13 heteroatoms. The first-order valence-corrected chi connectivity index (χ1v) is 8.78. The van der Waals surface area contributed by atoms with Gasteiger partial charge in [-0.1, -0.05) is 6.07 Å². The molecule has 4 heterocycles. The van der Waals surface area contributed by atoms with Crippen molar-refractivity contribution in [1.29, 1.82) is 0 Å². The first kappa shape index (κ1) is 19.5. The fourth-order valence-corrected chi connectivity index (χ4v) is 2.96. The molecular formula is C18H16N8O5. The number of anilines is 3. The fraction of sp³-hybridized carbons (Fsp3) is 0.0556. The zero-order chi connectivity index (χ0) is 22.3. The Bertz CT molecular complexity index is 1380. The second-order valence-corrected chi connectivity index (χ2v) is 6.28. The normalized spacial score (nSPS) is 10.9. The maximum atomic E-state index is 12.4. The summed E-state index contributed by atoms with van der Waals surface area (Å²) < 4.78 is 2.04. The number of aromatic nitrogens is 5. The lowest BCUT2D eigenvalue weighted by atomic mass is 10.3. The van der Waals surface area contributed by atoms with Crippen LogP contribution in [-0.4, -0.2) is 52.4 Å². The summed E-state index contributed by atoms with van der Waals surface area (Å²) in [6.45, 7) is 0. The van der Waals surface area contributed by atoms with Crippen molar-refractivity contribution in [3.8, 4) is 23.2 Å². The van der Waals surface area contributed by atoms with Crippen LogP contribution in [0.3, 0.4) is 0 Å². The number of primary amides is 1. The van der Waals surface area contributed by atoms with Gasteiger partial charge in [0.1, 0.15) is 28.7 Å². The highest BCUT2D eigenvalue weighted by Gasteiger charge is 2.24. The van der Waals surface area contributed by atoms with Crippen LogP contribution < -0.4 is 21.9 Å². The van der Waals surface area contributed by atoms with Crippen LogP contribution in [0.25, 0.3) is 11.5 Å². The van der Waals surface area contributed by atoms with Gasteiger partial charge in [0, 0.05) is 19.3 Å². The molecule has 1 amide bonds. The summed E-state index contributed by atoms with van der Waals surface area (Å²) in [7, 11) is 1.60. The molecule has 4 aromatic rings. The van der Waals surface area contributed by atoms with Crippen molar-refractivity contribution < 1.29 is 20.1 Å². The lowest BCUT2D eigenvalue weighted by Crippen LogP contribution is -2.20. The van der Waals surface area contributed by atoms with E-state index in [-0.39, 0.29) is 22.8 Å². The third-order valence-electron chi connectivity index (χ3n) is 4.43. The second-order valence-electron chi connectivity index (χ2n) is 6.28. The van der Waals surface area contributed by atoms with E-state index in [0.717, 1.165) is 0 Å². The first-order chi connectivity index (χ1) is 14.8. The summed E-state index contributed by atoms with van der Waals surface area (Å²) in [6, 6.07) is 6.06. The molecule has 0 aromatic carbocycles. The van der Waals surface area contributed by atoms with Gasteiger partial charge in [0.15, 0.2) is 11.4 Å². The van der Waals surface area contributed by atoms with Crippen LogP contribution in [0.15, 0.2) is 41.5 Å². The Hall–Kier alpha value is -4.81. The molecule has 158 valence electrons. The highest BCUT2D eigenvalue weighted by atomic mass is 16.3. The predicted octanol–water partition coefficient (Wildman–Crippen LogP) is 0.276. The van der Waals surface area contributed by atoms with Crippen molar-refractivity contribution in [2.75, 3.05) is 17.7 Å². The van der Waals surface area contributed by atoms with Crippen molar-refractivity contribution in [3.63, 3.8) is 0 Å². The van der Waals surface area contributed by atoms with Crippen molar-refractivity contribution in [2.45, 2.75) is 0 Å². The number of carbonyl (C=O) groups is 1. The van der Waals surface area contributed by atoms with Crippen LogP contribution in [0.4, 0.5) is 17.3 Å². The predicted molar refractivity (Wildman–Crippen MR) is 109 cm³/mol. The number of aromatic hydroxyl groups is 3. The summed E-state index contributed by atoms with van der Waals surface area (Å²) >= 11 is 0. The van der Waals surface area contributed by atoms with E-state index in [2.05, 4.69) is 25.7 Å². The van der Waals surface area contributed by atoms with Crippen molar-refractivity contribution in [1.82, 2.24) is 24.1 Å². The molecule has 0 aliphatic heterocycles. The minimum absolute atomic E-state index is 0.00878. The molecule has 0 radical (unpaired) electrons. The summed E-state index contributed by atoms with van der Waals surface area (Å²) in [6.07, 6.45) is 2.63. The summed E-state index contributed by atoms with van der Waals surface area (Å²) in [5.74, 6) is -2.95. The fourth-order valence-electron chi connectivity index (χ4n) is 2.96. The van der Waals surface area contributed by atoms with Gasteiger partial charge >= 0.3 is 5.56 Å². The summed E-state index contributed by atoms with van der Waals surface area (Å²) in [4.78, 5) is 32.3. The largest absolute Gasteiger partial charge is 0.503 e. The number of pyridine rings is 2. The van der Waals surface area contributed by atoms with Gasteiger partial charge in [-0.05, 0) is 12.1 Å². The van der Waals surface area contributed by atoms with Gasteiger partial charge in [0.05, 0.1) is 6.20 Å². The minimum atomic E-state index is -1.08. The molecule has 0 spiro atoms. The Morgan fingerprint density at radius 3 is 2.61 bits per heavy atom. The van der Waals surface area contributed by atoms with Crippen molar-refractivity contribution >= 4 is 28.9 Å². The van der Waals surface area contributed by atoms with E-state index in [1.54, 1.807) is 19.2 Å². The van der Waals surface area contributed by atoms with Gasteiger partial charge < -0.3 is 31.7 Å².